The lowest BCUT2D eigenvalue weighted by Gasteiger charge is -2.08. The molecule has 0 aliphatic rings. The quantitative estimate of drug-likeness (QED) is 0.499. The first-order valence-electron chi connectivity index (χ1n) is 6.59. The lowest BCUT2D eigenvalue weighted by molar-refractivity contribution is 0.734. The number of benzene rings is 2. The number of aliphatic imine (C=N–C) groups is 1. The summed E-state index contributed by atoms with van der Waals surface area (Å²) in [5.74, 6) is 0.619. The molecule has 2 aromatic carbocycles. The summed E-state index contributed by atoms with van der Waals surface area (Å²) >= 11 is 2.33. The molecule has 1 nitrogen and oxygen atoms in total. The van der Waals surface area contributed by atoms with Crippen LogP contribution >= 0.6 is 22.6 Å². The van der Waals surface area contributed by atoms with Gasteiger partial charge < -0.3 is 0 Å². The Morgan fingerprint density at radius 2 is 1.79 bits per heavy atom. The lowest BCUT2D eigenvalue weighted by Crippen LogP contribution is -1.89. The van der Waals surface area contributed by atoms with Gasteiger partial charge in [-0.2, -0.15) is 0 Å². The average molecular weight is 363 g/mol. The zero-order chi connectivity index (χ0) is 13.7. The van der Waals surface area contributed by atoms with Crippen molar-refractivity contribution in [2.24, 2.45) is 4.99 Å². The van der Waals surface area contributed by atoms with Gasteiger partial charge in [-0.25, -0.2) is 0 Å². The number of hydrogen-bond donors (Lipinski definition) is 0. The van der Waals surface area contributed by atoms with Gasteiger partial charge >= 0.3 is 0 Å². The molecule has 2 aromatic rings. The molecule has 98 valence electrons. The molecular formula is C17H18IN. The van der Waals surface area contributed by atoms with E-state index in [1.165, 1.54) is 15.6 Å². The number of halogens is 1. The second-order valence-corrected chi connectivity index (χ2v) is 5.84. The van der Waals surface area contributed by atoms with E-state index in [9.17, 15) is 0 Å². The molecule has 2 heteroatoms. The number of hydrogen-bond acceptors (Lipinski definition) is 1. The first kappa shape index (κ1) is 14.3. The van der Waals surface area contributed by atoms with E-state index < -0.39 is 0 Å². The first-order valence-corrected chi connectivity index (χ1v) is 7.67. The molecular weight excluding hydrogens is 345 g/mol. The monoisotopic (exact) mass is 363 g/mol. The molecule has 0 unspecified atom stereocenters. The van der Waals surface area contributed by atoms with Gasteiger partial charge in [-0.3, -0.25) is 4.99 Å². The van der Waals surface area contributed by atoms with E-state index in [-0.39, 0.29) is 0 Å². The van der Waals surface area contributed by atoms with E-state index in [2.05, 4.69) is 77.8 Å². The first-order chi connectivity index (χ1) is 9.20. The lowest BCUT2D eigenvalue weighted by atomic mass is 9.99. The second kappa shape index (κ2) is 6.85. The molecule has 0 aliphatic heterocycles. The Bertz CT molecular complexity index is 558. The molecule has 2 rings (SSSR count). The molecule has 1 atom stereocenters. The molecule has 0 saturated heterocycles. The fourth-order valence-electron chi connectivity index (χ4n) is 1.85. The molecule has 0 radical (unpaired) electrons. The number of nitrogens with zero attached hydrogens (tertiary/aromatic N) is 1. The van der Waals surface area contributed by atoms with Crippen LogP contribution < -0.4 is 0 Å². The van der Waals surface area contributed by atoms with Crippen LogP contribution in [0.25, 0.3) is 0 Å². The summed E-state index contributed by atoms with van der Waals surface area (Å²) in [4.78, 5) is 4.53. The van der Waals surface area contributed by atoms with Crippen molar-refractivity contribution in [2.45, 2.75) is 26.2 Å². The summed E-state index contributed by atoms with van der Waals surface area (Å²) in [6.45, 7) is 4.47. The fourth-order valence-corrected chi connectivity index (χ4v) is 2.38. The largest absolute Gasteiger partial charge is 0.256 e. The summed E-state index contributed by atoms with van der Waals surface area (Å²) in [6.07, 6.45) is 3.10. The molecule has 19 heavy (non-hydrogen) atoms. The highest BCUT2D eigenvalue weighted by Crippen LogP contribution is 2.22. The molecule has 0 fully saturated rings. The molecule has 0 amide bonds. The third kappa shape index (κ3) is 3.90. The third-order valence-electron chi connectivity index (χ3n) is 3.33. The molecule has 0 saturated carbocycles. The van der Waals surface area contributed by atoms with Gasteiger partial charge in [0.25, 0.3) is 0 Å². The highest BCUT2D eigenvalue weighted by atomic mass is 127. The van der Waals surface area contributed by atoms with E-state index >= 15 is 0 Å². The maximum absolute atomic E-state index is 4.53. The van der Waals surface area contributed by atoms with E-state index in [1.54, 1.807) is 0 Å². The normalized spacial score (nSPS) is 12.8. The zero-order valence-corrected chi connectivity index (χ0v) is 13.5. The molecule has 0 N–H and O–H groups in total. The van der Waals surface area contributed by atoms with Crippen LogP contribution in [0.2, 0.25) is 0 Å². The van der Waals surface area contributed by atoms with Gasteiger partial charge in [-0.1, -0.05) is 44.2 Å². The van der Waals surface area contributed by atoms with Crippen molar-refractivity contribution in [3.05, 3.63) is 63.2 Å². The molecule has 0 spiro atoms. The Morgan fingerprint density at radius 3 is 2.42 bits per heavy atom. The summed E-state index contributed by atoms with van der Waals surface area (Å²) in [6, 6.07) is 16.8. The van der Waals surface area contributed by atoms with Crippen molar-refractivity contribution in [2.75, 3.05) is 0 Å². The molecule has 0 bridgehead atoms. The van der Waals surface area contributed by atoms with Crippen LogP contribution in [0.5, 0.6) is 0 Å². The van der Waals surface area contributed by atoms with Crippen molar-refractivity contribution in [1.29, 1.82) is 0 Å². The molecule has 0 aromatic heterocycles. The SMILES string of the molecule is CC[C@H](C)c1ccc(N=Cc2ccccc2I)cc1. The van der Waals surface area contributed by atoms with Gasteiger partial charge in [0.05, 0.1) is 5.69 Å². The summed E-state index contributed by atoms with van der Waals surface area (Å²) < 4.78 is 1.22. The topological polar surface area (TPSA) is 12.4 Å². The summed E-state index contributed by atoms with van der Waals surface area (Å²) in [5, 5.41) is 0. The predicted molar refractivity (Wildman–Crippen MR) is 91.6 cm³/mol. The van der Waals surface area contributed by atoms with Crippen LogP contribution in [0.3, 0.4) is 0 Å². The Balaban J connectivity index is 2.14. The van der Waals surface area contributed by atoms with E-state index in [0.29, 0.717) is 5.92 Å². The van der Waals surface area contributed by atoms with Crippen LogP contribution in [0.15, 0.2) is 53.5 Å². The smallest absolute Gasteiger partial charge is 0.0630 e. The molecule has 0 heterocycles. The highest BCUT2D eigenvalue weighted by Gasteiger charge is 2.01. The van der Waals surface area contributed by atoms with E-state index in [4.69, 9.17) is 0 Å². The van der Waals surface area contributed by atoms with Crippen LogP contribution in [0, 0.1) is 3.57 Å². The van der Waals surface area contributed by atoms with Gasteiger partial charge in [-0.15, -0.1) is 0 Å². The molecule has 0 aliphatic carbocycles. The minimum atomic E-state index is 0.619. The third-order valence-corrected chi connectivity index (χ3v) is 4.31. The van der Waals surface area contributed by atoms with Crippen molar-refractivity contribution >= 4 is 34.5 Å². The minimum absolute atomic E-state index is 0.619. The van der Waals surface area contributed by atoms with Gasteiger partial charge in [0.2, 0.25) is 0 Å². The summed E-state index contributed by atoms with van der Waals surface area (Å²) in [7, 11) is 0. The zero-order valence-electron chi connectivity index (χ0n) is 11.3. The van der Waals surface area contributed by atoms with Crippen LogP contribution in [0.4, 0.5) is 5.69 Å². The van der Waals surface area contributed by atoms with E-state index in [0.717, 1.165) is 11.3 Å². The summed E-state index contributed by atoms with van der Waals surface area (Å²) in [5.41, 5.74) is 3.55. The van der Waals surface area contributed by atoms with Gasteiger partial charge in [0.15, 0.2) is 0 Å². The van der Waals surface area contributed by atoms with Gasteiger partial charge in [-0.05, 0) is 58.7 Å². The van der Waals surface area contributed by atoms with Crippen molar-refractivity contribution in [1.82, 2.24) is 0 Å². The van der Waals surface area contributed by atoms with Crippen LogP contribution in [0.1, 0.15) is 37.3 Å². The Morgan fingerprint density at radius 1 is 1.11 bits per heavy atom. The Labute approximate surface area is 128 Å². The van der Waals surface area contributed by atoms with Crippen LogP contribution in [-0.4, -0.2) is 6.21 Å². The predicted octanol–water partition coefficient (Wildman–Crippen LogP) is 5.56. The van der Waals surface area contributed by atoms with Crippen LogP contribution in [-0.2, 0) is 0 Å². The maximum Gasteiger partial charge on any atom is 0.0630 e. The fraction of sp³-hybridized carbons (Fsp3) is 0.235. The second-order valence-electron chi connectivity index (χ2n) is 4.68. The number of rotatable bonds is 4. The van der Waals surface area contributed by atoms with Gasteiger partial charge in [0.1, 0.15) is 0 Å². The standard InChI is InChI=1S/C17H18IN/c1-3-13(2)14-8-10-16(11-9-14)19-12-15-6-4-5-7-17(15)18/h4-13H,3H2,1-2H3/t13-/m0/s1. The van der Waals surface area contributed by atoms with E-state index in [1.807, 2.05) is 18.3 Å². The highest BCUT2D eigenvalue weighted by molar-refractivity contribution is 14.1. The Hall–Kier alpha value is -1.16. The van der Waals surface area contributed by atoms with Crippen molar-refractivity contribution < 1.29 is 0 Å². The Kier molecular flexibility index (Phi) is 5.14. The average Bonchev–Trinajstić information content (AvgIpc) is 2.46. The maximum atomic E-state index is 4.53. The van der Waals surface area contributed by atoms with Crippen molar-refractivity contribution in [3.63, 3.8) is 0 Å². The van der Waals surface area contributed by atoms with Gasteiger partial charge in [0, 0.05) is 15.3 Å². The van der Waals surface area contributed by atoms with Crippen molar-refractivity contribution in [3.8, 4) is 0 Å². The minimum Gasteiger partial charge on any atom is -0.256 e.